The molecule has 1 atom stereocenters. The number of thioether (sulfide) groups is 1. The van der Waals surface area contributed by atoms with Crippen LogP contribution >= 0.6 is 46.6 Å². The number of anilines is 2. The lowest BCUT2D eigenvalue weighted by atomic mass is 10.1. The van der Waals surface area contributed by atoms with E-state index in [9.17, 15) is 18.8 Å². The van der Waals surface area contributed by atoms with E-state index in [0.29, 0.717) is 32.5 Å². The van der Waals surface area contributed by atoms with Gasteiger partial charge in [-0.25, -0.2) is 4.39 Å². The summed E-state index contributed by atoms with van der Waals surface area (Å²) < 4.78 is 13.7. The van der Waals surface area contributed by atoms with Gasteiger partial charge in [0.05, 0.1) is 5.02 Å². The lowest BCUT2D eigenvalue weighted by Gasteiger charge is -2.18. The molecule has 0 radical (unpaired) electrons. The maximum Gasteiger partial charge on any atom is 0.272 e. The highest BCUT2D eigenvalue weighted by molar-refractivity contribution is 8.00. The molecule has 0 heterocycles. The van der Waals surface area contributed by atoms with Crippen molar-refractivity contribution in [2.75, 3.05) is 10.6 Å². The Kier molecular flexibility index (Phi) is 11.3. The van der Waals surface area contributed by atoms with Crippen molar-refractivity contribution in [2.24, 2.45) is 0 Å². The number of rotatable bonds is 10. The molecule has 0 bridgehead atoms. The normalized spacial score (nSPS) is 11.8. The molecule has 0 spiro atoms. The summed E-state index contributed by atoms with van der Waals surface area (Å²) in [4.78, 5) is 40.6. The van der Waals surface area contributed by atoms with Gasteiger partial charge in [-0.15, -0.1) is 11.8 Å². The number of halogens is 4. The van der Waals surface area contributed by atoms with Gasteiger partial charge < -0.3 is 16.0 Å². The highest BCUT2D eigenvalue weighted by Gasteiger charge is 2.23. The Balaban J connectivity index is 1.35. The molecule has 1 unspecified atom stereocenters. The van der Waals surface area contributed by atoms with Crippen LogP contribution in [0.3, 0.4) is 0 Å². The van der Waals surface area contributed by atoms with Crippen molar-refractivity contribution in [3.05, 3.63) is 165 Å². The molecule has 5 aromatic rings. The number of hydrogen-bond donors (Lipinski definition) is 3. The zero-order valence-corrected chi connectivity index (χ0v) is 27.4. The van der Waals surface area contributed by atoms with Crippen molar-refractivity contribution >= 4 is 81.7 Å². The van der Waals surface area contributed by atoms with E-state index < -0.39 is 22.9 Å². The van der Waals surface area contributed by atoms with Gasteiger partial charge in [0.2, 0.25) is 5.91 Å². The average Bonchev–Trinajstić information content (AvgIpc) is 3.08. The van der Waals surface area contributed by atoms with Gasteiger partial charge in [0, 0.05) is 37.4 Å². The molecular weight excluding hydrogens is 680 g/mol. The molecule has 0 fully saturated rings. The number of hydrogen-bond acceptors (Lipinski definition) is 4. The lowest BCUT2D eigenvalue weighted by Crippen LogP contribution is -2.30. The second-order valence-electron chi connectivity index (χ2n) is 10.0. The maximum atomic E-state index is 13.7. The van der Waals surface area contributed by atoms with Crippen LogP contribution in [-0.4, -0.2) is 17.7 Å². The van der Waals surface area contributed by atoms with Gasteiger partial charge in [-0.2, -0.15) is 0 Å². The molecule has 5 rings (SSSR count). The largest absolute Gasteiger partial charge is 0.325 e. The van der Waals surface area contributed by atoms with Crippen molar-refractivity contribution < 1.29 is 18.8 Å². The fourth-order valence-corrected chi connectivity index (χ4v) is 6.08. The highest BCUT2D eigenvalue weighted by atomic mass is 35.5. The molecule has 0 saturated heterocycles. The number of carbonyl (C=O) groups excluding carboxylic acids is 3. The van der Waals surface area contributed by atoms with Crippen LogP contribution in [0.15, 0.2) is 132 Å². The smallest absolute Gasteiger partial charge is 0.272 e. The van der Waals surface area contributed by atoms with Gasteiger partial charge in [-0.1, -0.05) is 89.4 Å². The Morgan fingerprint density at radius 3 is 1.94 bits per heavy atom. The van der Waals surface area contributed by atoms with Gasteiger partial charge in [-0.3, -0.25) is 14.4 Å². The molecule has 11 heteroatoms. The van der Waals surface area contributed by atoms with Crippen LogP contribution in [-0.2, 0) is 9.59 Å². The molecule has 6 nitrogen and oxygen atoms in total. The van der Waals surface area contributed by atoms with E-state index in [1.807, 2.05) is 30.3 Å². The van der Waals surface area contributed by atoms with E-state index in [2.05, 4.69) is 16.0 Å². The summed E-state index contributed by atoms with van der Waals surface area (Å²) in [6.45, 7) is 0. The first-order chi connectivity index (χ1) is 22.7. The molecule has 0 aliphatic rings. The molecule has 3 N–H and O–H groups in total. The quantitative estimate of drug-likeness (QED) is 0.0998. The first-order valence-corrected chi connectivity index (χ1v) is 16.1. The predicted molar refractivity (Wildman–Crippen MR) is 188 cm³/mol. The van der Waals surface area contributed by atoms with Gasteiger partial charge in [0.25, 0.3) is 11.8 Å². The Morgan fingerprint density at radius 2 is 1.30 bits per heavy atom. The predicted octanol–water partition coefficient (Wildman–Crippen LogP) is 9.67. The summed E-state index contributed by atoms with van der Waals surface area (Å²) in [5, 5.41) is 8.11. The third-order valence-corrected chi connectivity index (χ3v) is 8.93. The Morgan fingerprint density at radius 1 is 0.681 bits per heavy atom. The van der Waals surface area contributed by atoms with Crippen molar-refractivity contribution in [1.29, 1.82) is 0 Å². The molecule has 0 aromatic heterocycles. The summed E-state index contributed by atoms with van der Waals surface area (Å²) in [5.74, 6) is -2.01. The van der Waals surface area contributed by atoms with E-state index in [-0.39, 0.29) is 16.6 Å². The van der Waals surface area contributed by atoms with E-state index in [1.165, 1.54) is 36.0 Å². The second-order valence-corrected chi connectivity index (χ2v) is 12.4. The maximum absolute atomic E-state index is 13.7. The Labute approximate surface area is 289 Å². The van der Waals surface area contributed by atoms with Crippen molar-refractivity contribution in [3.63, 3.8) is 0 Å². The molecule has 0 saturated carbocycles. The van der Waals surface area contributed by atoms with Crippen LogP contribution in [0, 0.1) is 5.82 Å². The topological polar surface area (TPSA) is 87.3 Å². The third-order valence-electron chi connectivity index (χ3n) is 6.71. The lowest BCUT2D eigenvalue weighted by molar-refractivity contribution is -0.116. The highest BCUT2D eigenvalue weighted by Crippen LogP contribution is 2.37. The van der Waals surface area contributed by atoms with E-state index >= 15 is 0 Å². The first-order valence-electron chi connectivity index (χ1n) is 14.1. The van der Waals surface area contributed by atoms with E-state index in [4.69, 9.17) is 34.8 Å². The summed E-state index contributed by atoms with van der Waals surface area (Å²) in [7, 11) is 0. The van der Waals surface area contributed by atoms with Crippen LogP contribution in [0.4, 0.5) is 15.8 Å². The molecule has 0 aliphatic carbocycles. The Bertz CT molecular complexity index is 1920. The van der Waals surface area contributed by atoms with Crippen LogP contribution in [0.25, 0.3) is 6.08 Å². The zero-order valence-electron chi connectivity index (χ0n) is 24.3. The number of nitrogens with one attached hydrogen (secondary N) is 3. The minimum absolute atomic E-state index is 0.0750. The number of amides is 3. The summed E-state index contributed by atoms with van der Waals surface area (Å²) >= 11 is 19.9. The van der Waals surface area contributed by atoms with E-state index in [0.717, 1.165) is 10.5 Å². The zero-order chi connectivity index (χ0) is 33.3. The van der Waals surface area contributed by atoms with Gasteiger partial charge >= 0.3 is 0 Å². The van der Waals surface area contributed by atoms with Gasteiger partial charge in [-0.05, 0) is 78.4 Å². The SMILES string of the molecule is O=C(Nc1ccc(SC(C(=O)Nc2ccc(F)c(Cl)c2)c2ccccc2)cc1)/C(=C/c1c(Cl)cccc1Cl)NC(=O)c1ccccc1. The Hall–Kier alpha value is -4.60. The molecular formula is C36H25Cl3FN3O3S. The minimum Gasteiger partial charge on any atom is -0.325 e. The molecule has 47 heavy (non-hydrogen) atoms. The van der Waals surface area contributed by atoms with Crippen LogP contribution < -0.4 is 16.0 Å². The molecule has 236 valence electrons. The summed E-state index contributed by atoms with van der Waals surface area (Å²) in [6, 6.07) is 33.4. The van der Waals surface area contributed by atoms with Gasteiger partial charge in [0.15, 0.2) is 0 Å². The first kappa shape index (κ1) is 33.8. The standard InChI is InChI=1S/C36H25Cl3FN3O3S/c37-28-12-7-13-29(38)27(28)21-32(43-34(44)23-10-5-2-6-11-23)35(45)41-24-14-17-26(18-15-24)47-33(22-8-3-1-4-9-22)36(46)42-25-16-19-31(40)30(39)20-25/h1-21,33H,(H,41,45)(H,42,46)(H,43,44)/b32-21-. The molecule has 0 aliphatic heterocycles. The van der Waals surface area contributed by atoms with E-state index in [1.54, 1.807) is 72.8 Å². The monoisotopic (exact) mass is 703 g/mol. The fraction of sp³-hybridized carbons (Fsp3) is 0.0278. The molecule has 5 aromatic carbocycles. The molecule has 3 amide bonds. The summed E-state index contributed by atoms with van der Waals surface area (Å²) in [6.07, 6.45) is 1.42. The van der Waals surface area contributed by atoms with Crippen LogP contribution in [0.2, 0.25) is 15.1 Å². The van der Waals surface area contributed by atoms with Crippen molar-refractivity contribution in [2.45, 2.75) is 10.1 Å². The number of benzene rings is 5. The fourth-order valence-electron chi connectivity index (χ4n) is 4.37. The van der Waals surface area contributed by atoms with Gasteiger partial charge in [0.1, 0.15) is 16.8 Å². The van der Waals surface area contributed by atoms with Crippen molar-refractivity contribution in [1.82, 2.24) is 5.32 Å². The van der Waals surface area contributed by atoms with Crippen molar-refractivity contribution in [3.8, 4) is 0 Å². The average molecular weight is 705 g/mol. The second kappa shape index (κ2) is 15.8. The minimum atomic E-state index is -0.663. The summed E-state index contributed by atoms with van der Waals surface area (Å²) in [5.41, 5.74) is 2.21. The third kappa shape index (κ3) is 9.02. The van der Waals surface area contributed by atoms with Crippen LogP contribution in [0.1, 0.15) is 26.7 Å². The van der Waals surface area contributed by atoms with Crippen LogP contribution in [0.5, 0.6) is 0 Å². The number of carbonyl (C=O) groups is 3.